The molecule has 36 heavy (non-hydrogen) atoms. The Kier molecular flexibility index (Phi) is 9.18. The Morgan fingerprint density at radius 1 is 1.14 bits per heavy atom. The minimum absolute atomic E-state index is 0.167. The van der Waals surface area contributed by atoms with Crippen LogP contribution in [-0.2, 0) is 16.1 Å². The second-order valence-electron chi connectivity index (χ2n) is 8.32. The molecule has 0 bridgehead atoms. The summed E-state index contributed by atoms with van der Waals surface area (Å²) < 4.78 is 24.3. The number of carbonyl (C=O) groups excluding carboxylic acids is 2. The summed E-state index contributed by atoms with van der Waals surface area (Å²) in [4.78, 5) is 28.1. The van der Waals surface area contributed by atoms with E-state index in [2.05, 4.69) is 20.7 Å². The molecule has 2 amide bonds. The molecular formula is C24H28ClFN6O4. The summed E-state index contributed by atoms with van der Waals surface area (Å²) in [6.45, 7) is 3.97. The number of benzene rings is 2. The average Bonchev–Trinajstić information content (AvgIpc) is 3.32. The fraction of sp³-hybridized carbons (Fsp3) is 0.375. The number of halogens is 2. The number of aromatic nitrogens is 4. The van der Waals surface area contributed by atoms with Crippen LogP contribution in [0.1, 0.15) is 20.3 Å². The van der Waals surface area contributed by atoms with Gasteiger partial charge in [0.05, 0.1) is 19.2 Å². The van der Waals surface area contributed by atoms with Crippen molar-refractivity contribution < 1.29 is 23.5 Å². The minimum atomic E-state index is -0.633. The third-order valence-corrected chi connectivity index (χ3v) is 5.52. The van der Waals surface area contributed by atoms with E-state index < -0.39 is 11.7 Å². The van der Waals surface area contributed by atoms with Gasteiger partial charge in [0.1, 0.15) is 18.9 Å². The van der Waals surface area contributed by atoms with E-state index in [1.165, 1.54) is 31.3 Å². The first-order valence-corrected chi connectivity index (χ1v) is 11.6. The lowest BCUT2D eigenvalue weighted by molar-refractivity contribution is -0.124. The van der Waals surface area contributed by atoms with Crippen LogP contribution in [0.25, 0.3) is 11.4 Å². The van der Waals surface area contributed by atoms with Crippen molar-refractivity contribution in [3.05, 3.63) is 47.2 Å². The van der Waals surface area contributed by atoms with Crippen molar-refractivity contribution in [1.29, 1.82) is 0 Å². The lowest BCUT2D eigenvalue weighted by Crippen LogP contribution is -2.43. The zero-order valence-electron chi connectivity index (χ0n) is 20.5. The van der Waals surface area contributed by atoms with Gasteiger partial charge in [0.15, 0.2) is 11.5 Å². The zero-order valence-corrected chi connectivity index (χ0v) is 21.3. The molecule has 3 rings (SSSR count). The van der Waals surface area contributed by atoms with Gasteiger partial charge in [-0.2, -0.15) is 4.80 Å². The van der Waals surface area contributed by atoms with Crippen LogP contribution in [0, 0.1) is 11.7 Å². The van der Waals surface area contributed by atoms with Crippen LogP contribution >= 0.6 is 11.6 Å². The Labute approximate surface area is 213 Å². The number of anilines is 1. The molecule has 1 N–H and O–H groups in total. The fourth-order valence-electron chi connectivity index (χ4n) is 3.28. The second-order valence-corrected chi connectivity index (χ2v) is 8.73. The third kappa shape index (κ3) is 6.91. The number of ether oxygens (including phenoxy) is 2. The molecule has 192 valence electrons. The number of nitrogens with zero attached hydrogens (tertiary/aromatic N) is 5. The predicted octanol–water partition coefficient (Wildman–Crippen LogP) is 3.35. The highest BCUT2D eigenvalue weighted by atomic mass is 35.5. The number of amides is 2. The summed E-state index contributed by atoms with van der Waals surface area (Å²) in [5.41, 5.74) is 0.878. The largest absolute Gasteiger partial charge is 0.493 e. The van der Waals surface area contributed by atoms with Crippen LogP contribution in [0.5, 0.6) is 11.5 Å². The molecule has 2 aromatic carbocycles. The van der Waals surface area contributed by atoms with Gasteiger partial charge in [0.2, 0.25) is 11.7 Å². The van der Waals surface area contributed by atoms with Crippen LogP contribution in [0.3, 0.4) is 0 Å². The molecule has 1 aromatic heterocycles. The van der Waals surface area contributed by atoms with Crippen molar-refractivity contribution in [1.82, 2.24) is 25.5 Å². The molecule has 0 spiro atoms. The summed E-state index contributed by atoms with van der Waals surface area (Å²) in [5, 5.41) is 14.9. The van der Waals surface area contributed by atoms with Gasteiger partial charge in [0, 0.05) is 17.8 Å². The fourth-order valence-corrected chi connectivity index (χ4v) is 3.46. The highest BCUT2D eigenvalue weighted by Crippen LogP contribution is 2.30. The Morgan fingerprint density at radius 2 is 1.89 bits per heavy atom. The smallest absolute Gasteiger partial charge is 0.251 e. The van der Waals surface area contributed by atoms with E-state index in [-0.39, 0.29) is 35.5 Å². The van der Waals surface area contributed by atoms with Crippen LogP contribution < -0.4 is 19.7 Å². The van der Waals surface area contributed by atoms with Crippen molar-refractivity contribution in [2.45, 2.75) is 26.8 Å². The Bertz CT molecular complexity index is 1220. The number of hydrogen-bond donors (Lipinski definition) is 1. The van der Waals surface area contributed by atoms with Crippen LogP contribution in [-0.4, -0.2) is 59.3 Å². The average molecular weight is 519 g/mol. The van der Waals surface area contributed by atoms with E-state index in [1.54, 1.807) is 18.2 Å². The highest BCUT2D eigenvalue weighted by Gasteiger charge is 2.22. The maximum atomic E-state index is 13.7. The molecule has 0 radical (unpaired) electrons. The SMILES string of the molecule is COc1ccc(-c2nnn(CC(=O)N(CC(=O)NCCC(C)C)c3ccc(F)c(Cl)c3)n2)cc1OC. The number of carbonyl (C=O) groups is 2. The number of nitrogens with one attached hydrogen (secondary N) is 1. The maximum absolute atomic E-state index is 13.7. The van der Waals surface area contributed by atoms with E-state index in [0.29, 0.717) is 29.5 Å². The Morgan fingerprint density at radius 3 is 2.56 bits per heavy atom. The molecule has 0 unspecified atom stereocenters. The van der Waals surface area contributed by atoms with Crippen molar-refractivity contribution >= 4 is 29.1 Å². The van der Waals surface area contributed by atoms with Gasteiger partial charge in [0.25, 0.3) is 5.91 Å². The molecule has 0 aliphatic heterocycles. The lowest BCUT2D eigenvalue weighted by atomic mass is 10.1. The van der Waals surface area contributed by atoms with E-state index in [9.17, 15) is 14.0 Å². The Hall–Kier alpha value is -3.73. The van der Waals surface area contributed by atoms with E-state index in [1.807, 2.05) is 13.8 Å². The first-order valence-electron chi connectivity index (χ1n) is 11.2. The summed E-state index contributed by atoms with van der Waals surface area (Å²) in [7, 11) is 3.04. The standard InChI is InChI=1S/C24H28ClFN6O4/c1-15(2)9-10-27-22(33)13-31(17-6-7-19(26)18(25)12-17)23(34)14-32-29-24(28-30-32)16-5-8-20(35-3)21(11-16)36-4/h5-8,11-12,15H,9-10,13-14H2,1-4H3,(H,27,33). The van der Waals surface area contributed by atoms with E-state index in [4.69, 9.17) is 21.1 Å². The number of hydrogen-bond acceptors (Lipinski definition) is 7. The van der Waals surface area contributed by atoms with Crippen LogP contribution in [0.15, 0.2) is 36.4 Å². The number of rotatable bonds is 11. The third-order valence-electron chi connectivity index (χ3n) is 5.23. The van der Waals surface area contributed by atoms with Crippen molar-refractivity contribution in [3.8, 4) is 22.9 Å². The van der Waals surface area contributed by atoms with Gasteiger partial charge in [-0.25, -0.2) is 4.39 Å². The summed E-state index contributed by atoms with van der Waals surface area (Å²) in [6, 6.07) is 8.94. The number of tetrazole rings is 1. The maximum Gasteiger partial charge on any atom is 0.251 e. The summed E-state index contributed by atoms with van der Waals surface area (Å²) in [6.07, 6.45) is 0.795. The zero-order chi connectivity index (χ0) is 26.2. The molecule has 10 nitrogen and oxygen atoms in total. The first-order chi connectivity index (χ1) is 17.2. The van der Waals surface area contributed by atoms with Gasteiger partial charge in [-0.1, -0.05) is 25.4 Å². The van der Waals surface area contributed by atoms with Crippen molar-refractivity contribution in [2.24, 2.45) is 5.92 Å². The molecule has 0 saturated heterocycles. The van der Waals surface area contributed by atoms with Crippen molar-refractivity contribution in [3.63, 3.8) is 0 Å². The second kappa shape index (κ2) is 12.3. The monoisotopic (exact) mass is 518 g/mol. The molecule has 0 fully saturated rings. The van der Waals surface area contributed by atoms with Gasteiger partial charge in [-0.3, -0.25) is 9.59 Å². The molecule has 12 heteroatoms. The van der Waals surface area contributed by atoms with Crippen molar-refractivity contribution in [2.75, 3.05) is 32.2 Å². The normalized spacial score (nSPS) is 10.9. The summed E-state index contributed by atoms with van der Waals surface area (Å²) in [5.74, 6) is 0.222. The quantitative estimate of drug-likeness (QED) is 0.414. The molecule has 1 heterocycles. The molecular weight excluding hydrogens is 491 g/mol. The number of methoxy groups -OCH3 is 2. The van der Waals surface area contributed by atoms with Crippen LogP contribution in [0.2, 0.25) is 5.02 Å². The Balaban J connectivity index is 1.79. The molecule has 0 aliphatic carbocycles. The summed E-state index contributed by atoms with van der Waals surface area (Å²) >= 11 is 5.92. The molecule has 0 saturated carbocycles. The van der Waals surface area contributed by atoms with E-state index in [0.717, 1.165) is 17.3 Å². The highest BCUT2D eigenvalue weighted by molar-refractivity contribution is 6.31. The molecule has 0 aliphatic rings. The van der Waals surface area contributed by atoms with E-state index >= 15 is 0 Å². The molecule has 3 aromatic rings. The van der Waals surface area contributed by atoms with Gasteiger partial charge in [-0.05, 0) is 54.0 Å². The van der Waals surface area contributed by atoms with Gasteiger partial charge >= 0.3 is 0 Å². The van der Waals surface area contributed by atoms with Gasteiger partial charge < -0.3 is 19.7 Å². The first kappa shape index (κ1) is 26.9. The lowest BCUT2D eigenvalue weighted by Gasteiger charge is -2.22. The predicted molar refractivity (Wildman–Crippen MR) is 133 cm³/mol. The topological polar surface area (TPSA) is 111 Å². The minimum Gasteiger partial charge on any atom is -0.493 e. The van der Waals surface area contributed by atoms with Gasteiger partial charge in [-0.15, -0.1) is 10.2 Å². The van der Waals surface area contributed by atoms with Crippen LogP contribution in [0.4, 0.5) is 10.1 Å². The molecule has 0 atom stereocenters.